The van der Waals surface area contributed by atoms with Crippen molar-refractivity contribution in [3.8, 4) is 0 Å². The third-order valence-corrected chi connectivity index (χ3v) is 2.83. The predicted molar refractivity (Wildman–Crippen MR) is 47.5 cm³/mol. The quantitative estimate of drug-likeness (QED) is 0.794. The van der Waals surface area contributed by atoms with Gasteiger partial charge in [0, 0.05) is 13.1 Å². The Morgan fingerprint density at radius 3 is 2.13 bits per heavy atom. The summed E-state index contributed by atoms with van der Waals surface area (Å²) in [5, 5.41) is 8.86. The molecular weight excluding hydrogens is 211 g/mol. The molecule has 3 nitrogen and oxygen atoms in total. The van der Waals surface area contributed by atoms with Crippen molar-refractivity contribution in [2.24, 2.45) is 0 Å². The molecule has 1 aliphatic heterocycles. The number of nitrogens with zero attached hydrogens (tertiary/aromatic N) is 1. The molecule has 0 amide bonds. The van der Waals surface area contributed by atoms with Crippen molar-refractivity contribution in [3.05, 3.63) is 0 Å². The fourth-order valence-electron chi connectivity index (χ4n) is 1.90. The average Bonchev–Trinajstić information content (AvgIpc) is 1.97. The van der Waals surface area contributed by atoms with Crippen LogP contribution in [0.15, 0.2) is 0 Å². The zero-order chi connectivity index (χ0) is 11.7. The van der Waals surface area contributed by atoms with Crippen LogP contribution in [-0.2, 0) is 4.79 Å². The Bertz CT molecular complexity index is 250. The van der Waals surface area contributed by atoms with Crippen molar-refractivity contribution in [3.63, 3.8) is 0 Å². The molecule has 15 heavy (non-hydrogen) atoms. The molecule has 0 bridgehead atoms. The van der Waals surface area contributed by atoms with Crippen LogP contribution in [0.1, 0.15) is 26.2 Å². The molecule has 1 rings (SSSR count). The van der Waals surface area contributed by atoms with Crippen LogP contribution in [0.3, 0.4) is 0 Å². The SMILES string of the molecule is CCCC(C(=O)O)(N1CCC1)C(F)(F)F. The van der Waals surface area contributed by atoms with Gasteiger partial charge in [-0.3, -0.25) is 4.90 Å². The highest BCUT2D eigenvalue weighted by molar-refractivity contribution is 5.80. The van der Waals surface area contributed by atoms with Crippen LogP contribution < -0.4 is 0 Å². The van der Waals surface area contributed by atoms with Gasteiger partial charge in [0.15, 0.2) is 0 Å². The number of likely N-dealkylation sites (tertiary alicyclic amines) is 1. The van der Waals surface area contributed by atoms with Crippen molar-refractivity contribution in [2.75, 3.05) is 13.1 Å². The van der Waals surface area contributed by atoms with Crippen molar-refractivity contribution >= 4 is 5.97 Å². The molecule has 1 fully saturated rings. The van der Waals surface area contributed by atoms with Gasteiger partial charge in [0.05, 0.1) is 0 Å². The summed E-state index contributed by atoms with van der Waals surface area (Å²) < 4.78 is 38.6. The second-order valence-corrected chi connectivity index (χ2v) is 3.75. The van der Waals surface area contributed by atoms with Gasteiger partial charge in [-0.1, -0.05) is 13.3 Å². The number of aliphatic carboxylic acids is 1. The second kappa shape index (κ2) is 4.00. The van der Waals surface area contributed by atoms with Gasteiger partial charge in [-0.25, -0.2) is 4.79 Å². The van der Waals surface area contributed by atoms with Crippen LogP contribution in [0.2, 0.25) is 0 Å². The van der Waals surface area contributed by atoms with Gasteiger partial charge in [-0.05, 0) is 12.8 Å². The minimum atomic E-state index is -4.71. The lowest BCUT2D eigenvalue weighted by Crippen LogP contribution is -2.67. The van der Waals surface area contributed by atoms with E-state index in [1.54, 1.807) is 6.92 Å². The number of rotatable bonds is 4. The summed E-state index contributed by atoms with van der Waals surface area (Å²) in [5.41, 5.74) is -2.67. The molecule has 0 radical (unpaired) electrons. The lowest BCUT2D eigenvalue weighted by Gasteiger charge is -2.46. The van der Waals surface area contributed by atoms with Crippen LogP contribution >= 0.6 is 0 Å². The standard InChI is InChI=1S/C9H14F3NO2/c1-2-4-8(7(14)15,9(10,11)12)13-5-3-6-13/h2-6H2,1H3,(H,14,15). The first kappa shape index (κ1) is 12.3. The normalized spacial score (nSPS) is 21.9. The third-order valence-electron chi connectivity index (χ3n) is 2.83. The maximum Gasteiger partial charge on any atom is 0.417 e. The lowest BCUT2D eigenvalue weighted by molar-refractivity contribution is -0.248. The Kier molecular flexibility index (Phi) is 3.28. The Labute approximate surface area is 85.9 Å². The molecule has 0 aliphatic carbocycles. The summed E-state index contributed by atoms with van der Waals surface area (Å²) in [4.78, 5) is 11.9. The topological polar surface area (TPSA) is 40.5 Å². The number of hydrogen-bond donors (Lipinski definition) is 1. The Hall–Kier alpha value is -0.780. The molecule has 1 atom stereocenters. The molecule has 0 aromatic rings. The monoisotopic (exact) mass is 225 g/mol. The fourth-order valence-corrected chi connectivity index (χ4v) is 1.90. The van der Waals surface area contributed by atoms with E-state index < -0.39 is 17.7 Å². The molecule has 88 valence electrons. The summed E-state index contributed by atoms with van der Waals surface area (Å²) in [6.07, 6.45) is -4.27. The third kappa shape index (κ3) is 1.82. The van der Waals surface area contributed by atoms with Gasteiger partial charge in [-0.2, -0.15) is 13.2 Å². The van der Waals surface area contributed by atoms with Crippen LogP contribution in [0.4, 0.5) is 13.2 Å². The van der Waals surface area contributed by atoms with Gasteiger partial charge in [-0.15, -0.1) is 0 Å². The van der Waals surface area contributed by atoms with Gasteiger partial charge in [0.2, 0.25) is 5.54 Å². The first-order chi connectivity index (χ1) is 6.86. The highest BCUT2D eigenvalue weighted by Crippen LogP contribution is 2.41. The van der Waals surface area contributed by atoms with Crippen molar-refractivity contribution in [2.45, 2.75) is 37.9 Å². The van der Waals surface area contributed by atoms with Crippen LogP contribution in [-0.4, -0.2) is 40.8 Å². The number of carboxylic acid groups (broad SMARTS) is 1. The van der Waals surface area contributed by atoms with Crippen LogP contribution in [0, 0.1) is 0 Å². The highest BCUT2D eigenvalue weighted by atomic mass is 19.4. The molecule has 1 unspecified atom stereocenters. The molecular formula is C9H14F3NO2. The van der Waals surface area contributed by atoms with E-state index in [4.69, 9.17) is 5.11 Å². The van der Waals surface area contributed by atoms with Crippen molar-refractivity contribution in [1.82, 2.24) is 4.90 Å². The van der Waals surface area contributed by atoms with Crippen LogP contribution in [0.25, 0.3) is 0 Å². The number of hydrogen-bond acceptors (Lipinski definition) is 2. The van der Waals surface area contributed by atoms with Crippen molar-refractivity contribution < 1.29 is 23.1 Å². The Morgan fingerprint density at radius 2 is 1.93 bits per heavy atom. The first-order valence-electron chi connectivity index (χ1n) is 4.91. The van der Waals surface area contributed by atoms with E-state index in [2.05, 4.69) is 0 Å². The molecule has 0 aromatic heterocycles. The first-order valence-corrected chi connectivity index (χ1v) is 4.91. The van der Waals surface area contributed by atoms with E-state index in [0.717, 1.165) is 4.90 Å². The van der Waals surface area contributed by atoms with E-state index in [1.165, 1.54) is 0 Å². The largest absolute Gasteiger partial charge is 0.480 e. The molecule has 0 spiro atoms. The lowest BCUT2D eigenvalue weighted by atomic mass is 9.88. The fraction of sp³-hybridized carbons (Fsp3) is 0.889. The second-order valence-electron chi connectivity index (χ2n) is 3.75. The minimum absolute atomic E-state index is 0.197. The maximum absolute atomic E-state index is 12.9. The molecule has 1 heterocycles. The summed E-state index contributed by atoms with van der Waals surface area (Å²) in [7, 11) is 0. The molecule has 0 aromatic carbocycles. The molecule has 1 N–H and O–H groups in total. The molecule has 0 saturated carbocycles. The summed E-state index contributed by atoms with van der Waals surface area (Å²) in [6.45, 7) is 1.99. The minimum Gasteiger partial charge on any atom is -0.480 e. The maximum atomic E-state index is 12.9. The summed E-state index contributed by atoms with van der Waals surface area (Å²) >= 11 is 0. The Morgan fingerprint density at radius 1 is 1.40 bits per heavy atom. The Balaban J connectivity index is 3.04. The van der Waals surface area contributed by atoms with E-state index in [9.17, 15) is 18.0 Å². The number of alkyl halides is 3. The van der Waals surface area contributed by atoms with E-state index in [1.807, 2.05) is 0 Å². The van der Waals surface area contributed by atoms with Gasteiger partial charge in [0.25, 0.3) is 0 Å². The molecule has 1 saturated heterocycles. The summed E-state index contributed by atoms with van der Waals surface area (Å²) in [6, 6.07) is 0. The molecule has 1 aliphatic rings. The van der Waals surface area contributed by atoms with Gasteiger partial charge < -0.3 is 5.11 Å². The van der Waals surface area contributed by atoms with E-state index in [-0.39, 0.29) is 25.9 Å². The van der Waals surface area contributed by atoms with E-state index >= 15 is 0 Å². The molecule has 6 heteroatoms. The van der Waals surface area contributed by atoms with E-state index in [0.29, 0.717) is 6.42 Å². The average molecular weight is 225 g/mol. The van der Waals surface area contributed by atoms with Gasteiger partial charge in [0.1, 0.15) is 0 Å². The number of halogens is 3. The summed E-state index contributed by atoms with van der Waals surface area (Å²) in [5.74, 6) is -1.78. The van der Waals surface area contributed by atoms with Gasteiger partial charge >= 0.3 is 12.1 Å². The predicted octanol–water partition coefficient (Wildman–Crippen LogP) is 1.88. The highest BCUT2D eigenvalue weighted by Gasteiger charge is 2.64. The number of carbonyl (C=O) groups is 1. The number of carboxylic acids is 1. The van der Waals surface area contributed by atoms with Crippen LogP contribution in [0.5, 0.6) is 0 Å². The van der Waals surface area contributed by atoms with Crippen molar-refractivity contribution in [1.29, 1.82) is 0 Å². The zero-order valence-corrected chi connectivity index (χ0v) is 8.47. The zero-order valence-electron chi connectivity index (χ0n) is 8.47. The smallest absolute Gasteiger partial charge is 0.417 e.